The number of methoxy groups -OCH3 is 1. The molecule has 0 amide bonds. The van der Waals surface area contributed by atoms with Crippen LogP contribution >= 0.6 is 11.6 Å². The number of ether oxygens (including phenoxy) is 1. The third-order valence-corrected chi connectivity index (χ3v) is 2.93. The first-order valence-electron chi connectivity index (χ1n) is 5.01. The normalized spacial score (nSPS) is 10.4. The first-order chi connectivity index (χ1) is 7.70. The number of halogens is 1. The van der Waals surface area contributed by atoms with Crippen molar-refractivity contribution in [2.24, 2.45) is 0 Å². The lowest BCUT2D eigenvalue weighted by atomic mass is 10.2. The fourth-order valence-corrected chi connectivity index (χ4v) is 1.63. The van der Waals surface area contributed by atoms with Crippen LogP contribution in [0.25, 0.3) is 0 Å². The van der Waals surface area contributed by atoms with Crippen molar-refractivity contribution in [3.05, 3.63) is 46.7 Å². The summed E-state index contributed by atoms with van der Waals surface area (Å²) >= 11 is 6.09. The molecule has 1 heterocycles. The van der Waals surface area contributed by atoms with Crippen LogP contribution in [0.2, 0.25) is 5.15 Å². The molecule has 2 aromatic rings. The van der Waals surface area contributed by atoms with Crippen molar-refractivity contribution >= 4 is 11.6 Å². The lowest BCUT2D eigenvalue weighted by Crippen LogP contribution is -2.01. The van der Waals surface area contributed by atoms with Gasteiger partial charge in [-0.2, -0.15) is 5.10 Å². The second kappa shape index (κ2) is 4.58. The molecule has 0 saturated heterocycles. The average Bonchev–Trinajstić information content (AvgIpc) is 2.62. The summed E-state index contributed by atoms with van der Waals surface area (Å²) in [5.74, 6) is 0.853. The van der Waals surface area contributed by atoms with Gasteiger partial charge in [0.2, 0.25) is 0 Å². The molecule has 0 N–H and O–H groups in total. The highest BCUT2D eigenvalue weighted by Gasteiger charge is 2.04. The number of rotatable bonds is 3. The summed E-state index contributed by atoms with van der Waals surface area (Å²) in [4.78, 5) is 0. The predicted molar refractivity (Wildman–Crippen MR) is 64.1 cm³/mol. The van der Waals surface area contributed by atoms with Gasteiger partial charge in [-0.15, -0.1) is 0 Å². The van der Waals surface area contributed by atoms with E-state index in [-0.39, 0.29) is 0 Å². The molecule has 0 bridgehead atoms. The molecule has 4 heteroatoms. The van der Waals surface area contributed by atoms with Crippen molar-refractivity contribution < 1.29 is 4.74 Å². The van der Waals surface area contributed by atoms with Crippen molar-refractivity contribution in [1.82, 2.24) is 9.78 Å². The van der Waals surface area contributed by atoms with E-state index in [1.165, 1.54) is 0 Å². The molecule has 16 heavy (non-hydrogen) atoms. The SMILES string of the molecule is COc1ccc(Cn2ncc(C)c2Cl)cc1. The molecule has 84 valence electrons. The summed E-state index contributed by atoms with van der Waals surface area (Å²) in [6.45, 7) is 2.62. The average molecular weight is 237 g/mol. The molecule has 0 saturated carbocycles. The highest BCUT2D eigenvalue weighted by atomic mass is 35.5. The number of hydrogen-bond acceptors (Lipinski definition) is 2. The quantitative estimate of drug-likeness (QED) is 0.820. The fourth-order valence-electron chi connectivity index (χ4n) is 1.48. The molecule has 0 atom stereocenters. The minimum atomic E-state index is 0.677. The maximum absolute atomic E-state index is 6.09. The summed E-state index contributed by atoms with van der Waals surface area (Å²) in [6, 6.07) is 7.87. The zero-order chi connectivity index (χ0) is 11.5. The Morgan fingerprint density at radius 3 is 2.50 bits per heavy atom. The van der Waals surface area contributed by atoms with Crippen molar-refractivity contribution in [2.45, 2.75) is 13.5 Å². The summed E-state index contributed by atoms with van der Waals surface area (Å²) in [5, 5.41) is 4.90. The minimum Gasteiger partial charge on any atom is -0.497 e. The van der Waals surface area contributed by atoms with E-state index < -0.39 is 0 Å². The number of aryl methyl sites for hydroxylation is 1. The number of benzene rings is 1. The molecule has 0 spiro atoms. The van der Waals surface area contributed by atoms with E-state index in [4.69, 9.17) is 16.3 Å². The van der Waals surface area contributed by atoms with Crippen molar-refractivity contribution in [1.29, 1.82) is 0 Å². The summed E-state index contributed by atoms with van der Waals surface area (Å²) in [6.07, 6.45) is 1.77. The van der Waals surface area contributed by atoms with Gasteiger partial charge < -0.3 is 4.74 Å². The highest BCUT2D eigenvalue weighted by molar-refractivity contribution is 6.30. The van der Waals surface area contributed by atoms with Gasteiger partial charge in [-0.25, -0.2) is 4.68 Å². The fraction of sp³-hybridized carbons (Fsp3) is 0.250. The summed E-state index contributed by atoms with van der Waals surface area (Å²) in [5.41, 5.74) is 2.14. The van der Waals surface area contributed by atoms with Gasteiger partial charge in [0, 0.05) is 5.56 Å². The molecule has 0 aliphatic heterocycles. The van der Waals surface area contributed by atoms with E-state index in [0.29, 0.717) is 11.7 Å². The van der Waals surface area contributed by atoms with Crippen molar-refractivity contribution in [3.8, 4) is 5.75 Å². The van der Waals surface area contributed by atoms with Crippen LogP contribution in [0.1, 0.15) is 11.1 Å². The Bertz CT molecular complexity index is 476. The Balaban J connectivity index is 2.17. The predicted octanol–water partition coefficient (Wildman–Crippen LogP) is 2.90. The third kappa shape index (κ3) is 2.19. The molecule has 3 nitrogen and oxygen atoms in total. The highest BCUT2D eigenvalue weighted by Crippen LogP contribution is 2.17. The molecular weight excluding hydrogens is 224 g/mol. The van der Waals surface area contributed by atoms with Gasteiger partial charge in [0.15, 0.2) is 0 Å². The number of aromatic nitrogens is 2. The first kappa shape index (κ1) is 11.0. The zero-order valence-electron chi connectivity index (χ0n) is 9.27. The number of nitrogens with zero attached hydrogens (tertiary/aromatic N) is 2. The lowest BCUT2D eigenvalue weighted by molar-refractivity contribution is 0.414. The second-order valence-corrected chi connectivity index (χ2v) is 3.98. The monoisotopic (exact) mass is 236 g/mol. The Labute approximate surface area is 99.6 Å². The van der Waals surface area contributed by atoms with Gasteiger partial charge in [-0.3, -0.25) is 0 Å². The Kier molecular flexibility index (Phi) is 3.15. The maximum Gasteiger partial charge on any atom is 0.130 e. The van der Waals surface area contributed by atoms with Crippen molar-refractivity contribution in [2.75, 3.05) is 7.11 Å². The molecule has 1 aromatic carbocycles. The largest absolute Gasteiger partial charge is 0.497 e. The van der Waals surface area contributed by atoms with Crippen LogP contribution in [0.3, 0.4) is 0 Å². The number of hydrogen-bond donors (Lipinski definition) is 0. The summed E-state index contributed by atoms with van der Waals surface area (Å²) in [7, 11) is 1.66. The molecule has 0 unspecified atom stereocenters. The van der Waals surface area contributed by atoms with E-state index in [1.54, 1.807) is 18.0 Å². The van der Waals surface area contributed by atoms with Crippen LogP contribution in [0, 0.1) is 6.92 Å². The zero-order valence-corrected chi connectivity index (χ0v) is 10.0. The molecule has 0 radical (unpaired) electrons. The van der Waals surface area contributed by atoms with E-state index in [0.717, 1.165) is 16.9 Å². The molecule has 1 aromatic heterocycles. The lowest BCUT2D eigenvalue weighted by Gasteiger charge is -2.05. The van der Waals surface area contributed by atoms with E-state index in [9.17, 15) is 0 Å². The van der Waals surface area contributed by atoms with E-state index in [1.807, 2.05) is 31.2 Å². The summed E-state index contributed by atoms with van der Waals surface area (Å²) < 4.78 is 6.88. The molecule has 0 aliphatic rings. The van der Waals surface area contributed by atoms with E-state index in [2.05, 4.69) is 5.10 Å². The van der Waals surface area contributed by atoms with Crippen LogP contribution in [0.15, 0.2) is 30.5 Å². The van der Waals surface area contributed by atoms with Crippen LogP contribution in [-0.4, -0.2) is 16.9 Å². The van der Waals surface area contributed by atoms with Gasteiger partial charge in [0.05, 0.1) is 19.9 Å². The van der Waals surface area contributed by atoms with E-state index >= 15 is 0 Å². The van der Waals surface area contributed by atoms with Crippen LogP contribution in [-0.2, 0) is 6.54 Å². The topological polar surface area (TPSA) is 27.1 Å². The maximum atomic E-state index is 6.09. The standard InChI is InChI=1S/C12H13ClN2O/c1-9-7-14-15(12(9)13)8-10-3-5-11(16-2)6-4-10/h3-7H,8H2,1-2H3. The first-order valence-corrected chi connectivity index (χ1v) is 5.39. The van der Waals surface area contributed by atoms with Crippen LogP contribution in [0.4, 0.5) is 0 Å². The van der Waals surface area contributed by atoms with Gasteiger partial charge in [0.1, 0.15) is 10.9 Å². The molecule has 2 rings (SSSR count). The van der Waals surface area contributed by atoms with Crippen molar-refractivity contribution in [3.63, 3.8) is 0 Å². The van der Waals surface area contributed by atoms with Gasteiger partial charge in [0.25, 0.3) is 0 Å². The smallest absolute Gasteiger partial charge is 0.130 e. The third-order valence-electron chi connectivity index (χ3n) is 2.43. The molecule has 0 fully saturated rings. The van der Waals surface area contributed by atoms with Gasteiger partial charge in [-0.1, -0.05) is 23.7 Å². The molecule has 0 aliphatic carbocycles. The van der Waals surface area contributed by atoms with Gasteiger partial charge in [-0.05, 0) is 24.6 Å². The second-order valence-electron chi connectivity index (χ2n) is 3.62. The Morgan fingerprint density at radius 1 is 1.31 bits per heavy atom. The van der Waals surface area contributed by atoms with Gasteiger partial charge >= 0.3 is 0 Å². The Morgan fingerprint density at radius 2 is 2.00 bits per heavy atom. The Hall–Kier alpha value is -1.48. The van der Waals surface area contributed by atoms with Crippen LogP contribution < -0.4 is 4.74 Å². The minimum absolute atomic E-state index is 0.677. The molecular formula is C12H13ClN2O. The van der Waals surface area contributed by atoms with Crippen LogP contribution in [0.5, 0.6) is 5.75 Å².